The maximum Gasteiger partial charge on any atom is 0.407 e. The van der Waals surface area contributed by atoms with E-state index in [1.165, 1.54) is 0 Å². The summed E-state index contributed by atoms with van der Waals surface area (Å²) in [6.07, 6.45) is -0.587. The molecule has 2 atom stereocenters. The zero-order valence-electron chi connectivity index (χ0n) is 21.0. The Labute approximate surface area is 206 Å². The average molecular weight is 479 g/mol. The van der Waals surface area contributed by atoms with E-state index >= 15 is 0 Å². The number of nitrogens with zero attached hydrogens (tertiary/aromatic N) is 1. The van der Waals surface area contributed by atoms with Crippen LogP contribution in [0.3, 0.4) is 0 Å². The first-order chi connectivity index (χ1) is 16.4. The van der Waals surface area contributed by atoms with Crippen LogP contribution in [0.4, 0.5) is 4.79 Å². The molecule has 2 aliphatic rings. The van der Waals surface area contributed by atoms with Crippen LogP contribution in [0.15, 0.2) is 48.5 Å². The van der Waals surface area contributed by atoms with E-state index in [0.29, 0.717) is 6.54 Å². The Morgan fingerprint density at radius 2 is 1.51 bits per heavy atom. The summed E-state index contributed by atoms with van der Waals surface area (Å²) < 4.78 is 5.69. The molecule has 0 spiro atoms. The number of hydrogen-bond donors (Lipinski definition) is 2. The first-order valence-electron chi connectivity index (χ1n) is 12.1. The summed E-state index contributed by atoms with van der Waals surface area (Å²) in [5.41, 5.74) is 2.66. The minimum absolute atomic E-state index is 0.0510. The molecular formula is C28H34N2O5. The molecule has 7 heteroatoms. The van der Waals surface area contributed by atoms with Gasteiger partial charge in [0.05, 0.1) is 16.9 Å². The predicted octanol–water partition coefficient (Wildman–Crippen LogP) is 4.51. The van der Waals surface area contributed by atoms with Crippen molar-refractivity contribution in [3.8, 4) is 11.1 Å². The Morgan fingerprint density at radius 3 is 2.03 bits per heavy atom. The number of likely N-dealkylation sites (tertiary alicyclic amines) is 1. The largest absolute Gasteiger partial charge is 0.481 e. The minimum atomic E-state index is -0.980. The van der Waals surface area contributed by atoms with Gasteiger partial charge in [0.15, 0.2) is 0 Å². The molecule has 2 aromatic carbocycles. The molecule has 2 aromatic rings. The van der Waals surface area contributed by atoms with E-state index in [9.17, 15) is 19.5 Å². The summed E-state index contributed by atoms with van der Waals surface area (Å²) >= 11 is 0. The van der Waals surface area contributed by atoms with Crippen molar-refractivity contribution < 1.29 is 24.2 Å². The Kier molecular flexibility index (Phi) is 6.38. The van der Waals surface area contributed by atoms with Gasteiger partial charge in [-0.05, 0) is 55.9 Å². The van der Waals surface area contributed by atoms with Crippen LogP contribution in [0.25, 0.3) is 11.1 Å². The number of carboxylic acids is 1. The van der Waals surface area contributed by atoms with Crippen molar-refractivity contribution in [3.63, 3.8) is 0 Å². The third-order valence-corrected chi connectivity index (χ3v) is 8.07. The van der Waals surface area contributed by atoms with Gasteiger partial charge >= 0.3 is 12.1 Å². The number of carbonyl (C=O) groups is 3. The van der Waals surface area contributed by atoms with Gasteiger partial charge in [0.1, 0.15) is 6.61 Å². The number of alkyl carbamates (subject to hydrolysis) is 1. The Hall–Kier alpha value is -3.35. The lowest BCUT2D eigenvalue weighted by Gasteiger charge is -2.42. The van der Waals surface area contributed by atoms with E-state index < -0.39 is 28.9 Å². The molecule has 0 radical (unpaired) electrons. The summed E-state index contributed by atoms with van der Waals surface area (Å²) in [5.74, 6) is -1.82. The molecule has 2 amide bonds. The van der Waals surface area contributed by atoms with Crippen LogP contribution in [-0.2, 0) is 14.3 Å². The highest BCUT2D eigenvalue weighted by Crippen LogP contribution is 2.44. The van der Waals surface area contributed by atoms with E-state index in [1.54, 1.807) is 32.6 Å². The molecule has 186 valence electrons. The first-order valence-corrected chi connectivity index (χ1v) is 12.1. The highest BCUT2D eigenvalue weighted by Gasteiger charge is 2.49. The van der Waals surface area contributed by atoms with Gasteiger partial charge in [0, 0.05) is 19.0 Å². The lowest BCUT2D eigenvalue weighted by Crippen LogP contribution is -2.60. The number of fused-ring (bicyclic) bond motifs is 3. The van der Waals surface area contributed by atoms with E-state index in [1.807, 2.05) is 31.2 Å². The van der Waals surface area contributed by atoms with Crippen LogP contribution in [0.1, 0.15) is 51.7 Å². The van der Waals surface area contributed by atoms with Crippen LogP contribution < -0.4 is 5.32 Å². The van der Waals surface area contributed by atoms with Gasteiger partial charge in [-0.3, -0.25) is 9.59 Å². The highest BCUT2D eigenvalue weighted by atomic mass is 16.5. The molecule has 1 aliphatic heterocycles. The number of rotatable bonds is 6. The van der Waals surface area contributed by atoms with Gasteiger partial charge in [-0.1, -0.05) is 55.5 Å². The van der Waals surface area contributed by atoms with E-state index in [4.69, 9.17) is 4.74 Å². The summed E-state index contributed by atoms with van der Waals surface area (Å²) in [6.45, 7) is 9.74. The van der Waals surface area contributed by atoms with Gasteiger partial charge in [0.2, 0.25) is 5.91 Å². The molecule has 1 aliphatic carbocycles. The van der Waals surface area contributed by atoms with E-state index in [0.717, 1.165) is 22.3 Å². The molecule has 0 bridgehead atoms. The SMILES string of the molecule is C[C@@H]1CN(C(=O)C(C)(C)C(C)(C)NC(=O)OCC2c3ccccc3-c3ccccc32)C[C@H]1C(=O)O. The van der Waals surface area contributed by atoms with Gasteiger partial charge in [-0.15, -0.1) is 0 Å². The molecule has 7 nitrogen and oxygen atoms in total. The fourth-order valence-corrected chi connectivity index (χ4v) is 5.16. The smallest absolute Gasteiger partial charge is 0.407 e. The second-order valence-electron chi connectivity index (χ2n) is 10.8. The van der Waals surface area contributed by atoms with Crippen LogP contribution in [0, 0.1) is 17.3 Å². The van der Waals surface area contributed by atoms with Crippen LogP contribution in [-0.4, -0.2) is 53.2 Å². The van der Waals surface area contributed by atoms with Crippen molar-refractivity contribution in [2.75, 3.05) is 19.7 Å². The van der Waals surface area contributed by atoms with Crippen LogP contribution >= 0.6 is 0 Å². The van der Waals surface area contributed by atoms with Gasteiger partial charge in [-0.2, -0.15) is 0 Å². The van der Waals surface area contributed by atoms with Gasteiger partial charge in [-0.25, -0.2) is 4.79 Å². The molecule has 0 unspecified atom stereocenters. The number of carboxylic acid groups (broad SMARTS) is 1. The third-order valence-electron chi connectivity index (χ3n) is 8.07. The van der Waals surface area contributed by atoms with Crippen LogP contribution in [0.2, 0.25) is 0 Å². The molecule has 1 fully saturated rings. The summed E-state index contributed by atoms with van der Waals surface area (Å²) in [5, 5.41) is 12.3. The second-order valence-corrected chi connectivity index (χ2v) is 10.8. The number of amides is 2. The highest BCUT2D eigenvalue weighted by molar-refractivity contribution is 5.86. The number of carbonyl (C=O) groups excluding carboxylic acids is 2. The Bertz CT molecular complexity index is 1110. The topological polar surface area (TPSA) is 95.9 Å². The van der Waals surface area contributed by atoms with Crippen LogP contribution in [0.5, 0.6) is 0 Å². The number of hydrogen-bond acceptors (Lipinski definition) is 4. The lowest BCUT2D eigenvalue weighted by molar-refractivity contribution is -0.144. The maximum absolute atomic E-state index is 13.4. The standard InChI is InChI=1S/C28H34N2O5/c1-17-14-30(15-22(17)24(31)32)25(33)27(2,3)28(4,5)29-26(34)35-16-23-20-12-8-6-10-18(20)19-11-7-9-13-21(19)23/h6-13,17,22-23H,14-16H2,1-5H3,(H,29,34)(H,31,32)/t17-,22-/m1/s1. The lowest BCUT2D eigenvalue weighted by atomic mass is 9.73. The normalized spacial score (nSPS) is 19.7. The fourth-order valence-electron chi connectivity index (χ4n) is 5.16. The molecule has 35 heavy (non-hydrogen) atoms. The quantitative estimate of drug-likeness (QED) is 0.637. The van der Waals surface area contributed by atoms with E-state index in [2.05, 4.69) is 29.6 Å². The molecule has 1 heterocycles. The Balaban J connectivity index is 1.42. The number of ether oxygens (including phenoxy) is 1. The number of nitrogens with one attached hydrogen (secondary N) is 1. The molecule has 0 aromatic heterocycles. The van der Waals surface area contributed by atoms with Gasteiger partial charge < -0.3 is 20.1 Å². The molecule has 4 rings (SSSR count). The zero-order valence-corrected chi connectivity index (χ0v) is 21.0. The summed E-state index contributed by atoms with van der Waals surface area (Å²) in [4.78, 5) is 39.4. The Morgan fingerprint density at radius 1 is 0.971 bits per heavy atom. The van der Waals surface area contributed by atoms with Crippen molar-refractivity contribution in [1.29, 1.82) is 0 Å². The summed E-state index contributed by atoms with van der Waals surface area (Å²) in [7, 11) is 0. The average Bonchev–Trinajstić information content (AvgIpc) is 3.35. The fraction of sp³-hybridized carbons (Fsp3) is 0.464. The third kappa shape index (κ3) is 4.40. The van der Waals surface area contributed by atoms with Crippen molar-refractivity contribution in [2.45, 2.75) is 46.1 Å². The summed E-state index contributed by atoms with van der Waals surface area (Å²) in [6, 6.07) is 16.3. The zero-order chi connectivity index (χ0) is 25.5. The molecular weight excluding hydrogens is 444 g/mol. The predicted molar refractivity (Wildman–Crippen MR) is 133 cm³/mol. The first kappa shape index (κ1) is 24.8. The number of aliphatic carboxylic acids is 1. The molecule has 0 saturated carbocycles. The van der Waals surface area contributed by atoms with Crippen molar-refractivity contribution in [2.24, 2.45) is 17.3 Å². The van der Waals surface area contributed by atoms with Crippen molar-refractivity contribution in [3.05, 3.63) is 59.7 Å². The molecule has 2 N–H and O–H groups in total. The van der Waals surface area contributed by atoms with Crippen molar-refractivity contribution >= 4 is 18.0 Å². The van der Waals surface area contributed by atoms with E-state index in [-0.39, 0.29) is 30.9 Å². The number of benzene rings is 2. The van der Waals surface area contributed by atoms with Gasteiger partial charge in [0.25, 0.3) is 0 Å². The minimum Gasteiger partial charge on any atom is -0.481 e. The molecule has 1 saturated heterocycles. The second kappa shape index (κ2) is 9.02. The van der Waals surface area contributed by atoms with Crippen molar-refractivity contribution in [1.82, 2.24) is 10.2 Å². The monoisotopic (exact) mass is 478 g/mol. The maximum atomic E-state index is 13.4.